The molecule has 7 nitrogen and oxygen atoms in total. The van der Waals surface area contributed by atoms with Crippen molar-refractivity contribution >= 4 is 23.7 Å². The highest BCUT2D eigenvalue weighted by atomic mass is 16.2. The predicted octanol–water partition coefficient (Wildman–Crippen LogP) is 2.65. The molecule has 1 fully saturated rings. The summed E-state index contributed by atoms with van der Waals surface area (Å²) in [6.07, 6.45) is 4.74. The van der Waals surface area contributed by atoms with Gasteiger partial charge in [0.1, 0.15) is 12.1 Å². The van der Waals surface area contributed by atoms with Gasteiger partial charge in [0.15, 0.2) is 0 Å². The molecule has 4 rings (SSSR count). The fourth-order valence-corrected chi connectivity index (χ4v) is 4.04. The van der Waals surface area contributed by atoms with E-state index >= 15 is 0 Å². The minimum Gasteiger partial charge on any atom is -0.367 e. The van der Waals surface area contributed by atoms with Crippen molar-refractivity contribution in [3.63, 3.8) is 0 Å². The summed E-state index contributed by atoms with van der Waals surface area (Å²) < 4.78 is 0. The van der Waals surface area contributed by atoms with Crippen molar-refractivity contribution in [3.8, 4) is 0 Å². The number of rotatable bonds is 7. The first kappa shape index (κ1) is 21.5. The summed E-state index contributed by atoms with van der Waals surface area (Å²) >= 11 is 0. The number of hydrogen-bond donors (Lipinski definition) is 1. The molecule has 0 aliphatic carbocycles. The van der Waals surface area contributed by atoms with Crippen molar-refractivity contribution in [1.29, 1.82) is 0 Å². The first-order valence-corrected chi connectivity index (χ1v) is 10.8. The Morgan fingerprint density at radius 2 is 1.66 bits per heavy atom. The number of benzene rings is 1. The Kier molecular flexibility index (Phi) is 6.75. The number of amides is 1. The lowest BCUT2D eigenvalue weighted by Crippen LogP contribution is -2.48. The molecule has 1 saturated heterocycles. The van der Waals surface area contributed by atoms with Crippen LogP contribution in [0, 0.1) is 6.92 Å². The van der Waals surface area contributed by atoms with E-state index in [1.807, 2.05) is 43.3 Å². The van der Waals surface area contributed by atoms with Crippen molar-refractivity contribution in [2.24, 2.45) is 0 Å². The normalized spacial score (nSPS) is 14.7. The molecule has 1 N–H and O–H groups in total. The zero-order chi connectivity index (χ0) is 22.3. The molecular formula is C25H27N5O2. The number of carbonyl (C=O) groups excluding carboxylic acids is 2. The van der Waals surface area contributed by atoms with Crippen LogP contribution in [0.1, 0.15) is 21.6 Å². The van der Waals surface area contributed by atoms with Gasteiger partial charge in [0.25, 0.3) is 5.91 Å². The molecule has 3 aromatic rings. The maximum Gasteiger partial charge on any atom is 0.255 e. The molecule has 0 radical (unpaired) electrons. The van der Waals surface area contributed by atoms with Crippen molar-refractivity contribution < 1.29 is 9.59 Å². The maximum atomic E-state index is 13.0. The molecule has 1 amide bonds. The Morgan fingerprint density at radius 1 is 0.969 bits per heavy atom. The van der Waals surface area contributed by atoms with Gasteiger partial charge in [0.05, 0.1) is 23.0 Å². The zero-order valence-corrected chi connectivity index (χ0v) is 18.1. The van der Waals surface area contributed by atoms with Crippen molar-refractivity contribution in [1.82, 2.24) is 15.3 Å². The number of nitrogens with zero attached hydrogens (tertiary/aromatic N) is 4. The van der Waals surface area contributed by atoms with Gasteiger partial charge in [-0.05, 0) is 43.2 Å². The number of pyridine rings is 2. The van der Waals surface area contributed by atoms with E-state index in [4.69, 9.17) is 0 Å². The number of aldehydes is 1. The van der Waals surface area contributed by atoms with Gasteiger partial charge in [0.2, 0.25) is 0 Å². The fraction of sp³-hybridized carbons (Fsp3) is 0.280. The molecule has 164 valence electrons. The summed E-state index contributed by atoms with van der Waals surface area (Å²) in [7, 11) is 0. The third-order valence-corrected chi connectivity index (χ3v) is 5.71. The summed E-state index contributed by atoms with van der Waals surface area (Å²) in [6.45, 7) is 5.13. The standard InChI is InChI=1S/C25H27N5O2/c1-19-23(10-6-11-26-19)29-13-15-30(16-14-29)24-22(9-5-12-27-24)25(32)28-21(18-31)17-20-7-3-2-4-8-20/h2-12,18,21H,13-17H2,1H3,(H,28,32). The monoisotopic (exact) mass is 429 g/mol. The van der Waals surface area contributed by atoms with Gasteiger partial charge in [0, 0.05) is 38.6 Å². The number of piperazine rings is 1. The Balaban J connectivity index is 1.44. The number of carbonyl (C=O) groups is 2. The quantitative estimate of drug-likeness (QED) is 0.582. The lowest BCUT2D eigenvalue weighted by atomic mass is 10.1. The third kappa shape index (κ3) is 4.94. The Hall–Kier alpha value is -3.74. The van der Waals surface area contributed by atoms with Crippen LogP contribution in [0.5, 0.6) is 0 Å². The van der Waals surface area contributed by atoms with Crippen LogP contribution in [0.3, 0.4) is 0 Å². The maximum absolute atomic E-state index is 13.0. The molecule has 3 heterocycles. The zero-order valence-electron chi connectivity index (χ0n) is 18.1. The Bertz CT molecular complexity index is 1060. The van der Waals surface area contributed by atoms with E-state index in [9.17, 15) is 9.59 Å². The number of aromatic nitrogens is 2. The topological polar surface area (TPSA) is 78.4 Å². The molecule has 1 aliphatic rings. The third-order valence-electron chi connectivity index (χ3n) is 5.71. The van der Waals surface area contributed by atoms with E-state index in [2.05, 4.69) is 31.2 Å². The van der Waals surface area contributed by atoms with Crippen LogP contribution in [0.25, 0.3) is 0 Å². The first-order chi connectivity index (χ1) is 15.7. The molecule has 0 bridgehead atoms. The molecule has 1 aromatic carbocycles. The second-order valence-electron chi connectivity index (χ2n) is 7.86. The van der Waals surface area contributed by atoms with Crippen LogP contribution in [-0.2, 0) is 11.2 Å². The Morgan fingerprint density at radius 3 is 2.38 bits per heavy atom. The lowest BCUT2D eigenvalue weighted by Gasteiger charge is -2.37. The van der Waals surface area contributed by atoms with Crippen molar-refractivity contribution in [3.05, 3.63) is 83.8 Å². The second-order valence-corrected chi connectivity index (χ2v) is 7.86. The molecular weight excluding hydrogens is 402 g/mol. The summed E-state index contributed by atoms with van der Waals surface area (Å²) in [5.41, 5.74) is 3.63. The van der Waals surface area contributed by atoms with Gasteiger partial charge in [-0.15, -0.1) is 0 Å². The minimum absolute atomic E-state index is 0.285. The molecule has 1 unspecified atom stereocenters. The second kappa shape index (κ2) is 10.0. The van der Waals surface area contributed by atoms with Gasteiger partial charge in [-0.1, -0.05) is 30.3 Å². The highest BCUT2D eigenvalue weighted by molar-refractivity contribution is 6.00. The smallest absolute Gasteiger partial charge is 0.255 e. The van der Waals surface area contributed by atoms with Crippen molar-refractivity contribution in [2.45, 2.75) is 19.4 Å². The van der Waals surface area contributed by atoms with Crippen LogP contribution in [-0.4, -0.2) is 54.4 Å². The molecule has 1 aliphatic heterocycles. The lowest BCUT2D eigenvalue weighted by molar-refractivity contribution is -0.109. The summed E-state index contributed by atoms with van der Waals surface area (Å²) in [4.78, 5) is 38.0. The van der Waals surface area contributed by atoms with E-state index in [0.717, 1.165) is 49.4 Å². The number of nitrogens with one attached hydrogen (secondary N) is 1. The van der Waals surface area contributed by atoms with E-state index in [0.29, 0.717) is 17.8 Å². The molecule has 0 spiro atoms. The van der Waals surface area contributed by atoms with Crippen LogP contribution < -0.4 is 15.1 Å². The van der Waals surface area contributed by atoms with Gasteiger partial charge >= 0.3 is 0 Å². The molecule has 1 atom stereocenters. The van der Waals surface area contributed by atoms with E-state index in [1.165, 1.54) is 0 Å². The predicted molar refractivity (Wildman–Crippen MR) is 125 cm³/mol. The summed E-state index contributed by atoms with van der Waals surface area (Å²) in [5, 5.41) is 2.86. The van der Waals surface area contributed by atoms with E-state index < -0.39 is 6.04 Å². The SMILES string of the molecule is Cc1ncccc1N1CCN(c2ncccc2C(=O)NC(C=O)Cc2ccccc2)CC1. The van der Waals surface area contributed by atoms with Gasteiger partial charge in [-0.25, -0.2) is 4.98 Å². The van der Waals surface area contributed by atoms with E-state index in [-0.39, 0.29) is 5.91 Å². The summed E-state index contributed by atoms with van der Waals surface area (Å²) in [6, 6.07) is 16.6. The summed E-state index contributed by atoms with van der Waals surface area (Å²) in [5.74, 6) is 0.364. The highest BCUT2D eigenvalue weighted by Crippen LogP contribution is 2.23. The first-order valence-electron chi connectivity index (χ1n) is 10.8. The highest BCUT2D eigenvalue weighted by Gasteiger charge is 2.24. The molecule has 2 aromatic heterocycles. The average Bonchev–Trinajstić information content (AvgIpc) is 2.84. The van der Waals surface area contributed by atoms with Gasteiger partial charge in [-0.3, -0.25) is 9.78 Å². The number of aryl methyl sites for hydroxylation is 1. The van der Waals surface area contributed by atoms with Crippen LogP contribution in [0.4, 0.5) is 11.5 Å². The Labute approximate surface area is 188 Å². The van der Waals surface area contributed by atoms with Gasteiger partial charge < -0.3 is 19.9 Å². The minimum atomic E-state index is -0.594. The van der Waals surface area contributed by atoms with E-state index in [1.54, 1.807) is 24.5 Å². The van der Waals surface area contributed by atoms with Crippen LogP contribution >= 0.6 is 0 Å². The molecule has 32 heavy (non-hydrogen) atoms. The fourth-order valence-electron chi connectivity index (χ4n) is 4.04. The molecule has 0 saturated carbocycles. The van der Waals surface area contributed by atoms with Crippen LogP contribution in [0.15, 0.2) is 67.0 Å². The number of hydrogen-bond acceptors (Lipinski definition) is 6. The average molecular weight is 430 g/mol. The van der Waals surface area contributed by atoms with Crippen LogP contribution in [0.2, 0.25) is 0 Å². The largest absolute Gasteiger partial charge is 0.367 e. The van der Waals surface area contributed by atoms with Gasteiger partial charge in [-0.2, -0.15) is 0 Å². The molecule has 7 heteroatoms. The van der Waals surface area contributed by atoms with Crippen molar-refractivity contribution in [2.75, 3.05) is 36.0 Å². The number of anilines is 2.